The first-order valence-electron chi connectivity index (χ1n) is 7.55. The lowest BCUT2D eigenvalue weighted by Crippen LogP contribution is -2.32. The quantitative estimate of drug-likeness (QED) is 0.769. The van der Waals surface area contributed by atoms with Crippen LogP contribution in [0.5, 0.6) is 0 Å². The lowest BCUT2D eigenvalue weighted by Gasteiger charge is -2.14. The fourth-order valence-corrected chi connectivity index (χ4v) is 2.34. The van der Waals surface area contributed by atoms with Crippen LogP contribution in [0.1, 0.15) is 68.7 Å². The van der Waals surface area contributed by atoms with E-state index in [9.17, 15) is 9.90 Å². The summed E-state index contributed by atoms with van der Waals surface area (Å²) in [6, 6.07) is 2.14. The standard InChI is InChI=1S/C15H27N3O2/c1-5-8-13(19)10-16-15(20)14-9-11(4)18(17-14)12(6-2)7-3/h9,12-13,19H,5-8,10H2,1-4H3,(H,16,20). The molecule has 1 atom stereocenters. The molecule has 1 amide bonds. The normalized spacial score (nSPS) is 12.7. The highest BCUT2D eigenvalue weighted by Crippen LogP contribution is 2.17. The molecule has 0 bridgehead atoms. The summed E-state index contributed by atoms with van der Waals surface area (Å²) in [5.74, 6) is -0.215. The first kappa shape index (κ1) is 16.7. The molecule has 5 heteroatoms. The predicted octanol–water partition coefficient (Wildman–Crippen LogP) is 2.44. The van der Waals surface area contributed by atoms with E-state index in [0.717, 1.165) is 25.0 Å². The molecule has 2 N–H and O–H groups in total. The number of hydrogen-bond donors (Lipinski definition) is 2. The summed E-state index contributed by atoms with van der Waals surface area (Å²) in [5, 5.41) is 16.8. The third-order valence-corrected chi connectivity index (χ3v) is 3.56. The molecule has 1 aromatic rings. The van der Waals surface area contributed by atoms with Crippen molar-refractivity contribution in [3.63, 3.8) is 0 Å². The van der Waals surface area contributed by atoms with Crippen LogP contribution in [-0.4, -0.2) is 33.4 Å². The average Bonchev–Trinajstić information content (AvgIpc) is 2.80. The van der Waals surface area contributed by atoms with Crippen molar-refractivity contribution < 1.29 is 9.90 Å². The number of aliphatic hydroxyl groups excluding tert-OH is 1. The Morgan fingerprint density at radius 2 is 2.05 bits per heavy atom. The molecule has 0 saturated carbocycles. The summed E-state index contributed by atoms with van der Waals surface area (Å²) in [6.07, 6.45) is 3.11. The van der Waals surface area contributed by atoms with Gasteiger partial charge in [-0.2, -0.15) is 5.10 Å². The Bertz CT molecular complexity index is 425. The molecule has 0 aromatic carbocycles. The fraction of sp³-hybridized carbons (Fsp3) is 0.733. The number of carbonyl (C=O) groups is 1. The molecule has 0 aliphatic rings. The molecule has 0 radical (unpaired) electrons. The zero-order valence-corrected chi connectivity index (χ0v) is 13.0. The topological polar surface area (TPSA) is 67.2 Å². The van der Waals surface area contributed by atoms with Crippen LogP contribution >= 0.6 is 0 Å². The third kappa shape index (κ3) is 4.34. The number of aromatic nitrogens is 2. The van der Waals surface area contributed by atoms with E-state index in [4.69, 9.17) is 0 Å². The van der Waals surface area contributed by atoms with Gasteiger partial charge >= 0.3 is 0 Å². The molecule has 0 aliphatic carbocycles. The van der Waals surface area contributed by atoms with Gasteiger partial charge in [-0.1, -0.05) is 27.2 Å². The first-order valence-corrected chi connectivity index (χ1v) is 7.55. The molecule has 1 aromatic heterocycles. The monoisotopic (exact) mass is 281 g/mol. The Hall–Kier alpha value is -1.36. The van der Waals surface area contributed by atoms with Crippen LogP contribution in [0.15, 0.2) is 6.07 Å². The largest absolute Gasteiger partial charge is 0.391 e. The van der Waals surface area contributed by atoms with Crippen molar-refractivity contribution in [1.82, 2.24) is 15.1 Å². The van der Waals surface area contributed by atoms with E-state index in [2.05, 4.69) is 24.3 Å². The highest BCUT2D eigenvalue weighted by molar-refractivity contribution is 5.92. The fourth-order valence-electron chi connectivity index (χ4n) is 2.34. The minimum atomic E-state index is -0.480. The molecule has 0 aliphatic heterocycles. The lowest BCUT2D eigenvalue weighted by atomic mass is 10.2. The Labute approximate surface area is 121 Å². The molecule has 1 heterocycles. The second-order valence-electron chi connectivity index (χ2n) is 5.24. The van der Waals surface area contributed by atoms with Gasteiger partial charge < -0.3 is 10.4 Å². The lowest BCUT2D eigenvalue weighted by molar-refractivity contribution is 0.0904. The van der Waals surface area contributed by atoms with E-state index in [1.54, 1.807) is 6.07 Å². The zero-order valence-electron chi connectivity index (χ0n) is 13.0. The van der Waals surface area contributed by atoms with Crippen molar-refractivity contribution in [1.29, 1.82) is 0 Å². The minimum Gasteiger partial charge on any atom is -0.391 e. The van der Waals surface area contributed by atoms with Crippen molar-refractivity contribution in [2.75, 3.05) is 6.54 Å². The van der Waals surface area contributed by atoms with E-state index in [1.807, 2.05) is 18.5 Å². The molecule has 5 nitrogen and oxygen atoms in total. The van der Waals surface area contributed by atoms with Crippen LogP contribution in [0.3, 0.4) is 0 Å². The van der Waals surface area contributed by atoms with Gasteiger partial charge in [-0.3, -0.25) is 9.48 Å². The molecule has 1 rings (SSSR count). The molecule has 20 heavy (non-hydrogen) atoms. The maximum atomic E-state index is 12.0. The van der Waals surface area contributed by atoms with Gasteiger partial charge in [0.2, 0.25) is 0 Å². The second kappa shape index (κ2) is 8.04. The van der Waals surface area contributed by atoms with Crippen LogP contribution < -0.4 is 5.32 Å². The van der Waals surface area contributed by atoms with Crippen molar-refractivity contribution in [2.45, 2.75) is 65.5 Å². The van der Waals surface area contributed by atoms with Gasteiger partial charge in [0.15, 0.2) is 0 Å². The molecule has 114 valence electrons. The number of rotatable bonds is 8. The maximum Gasteiger partial charge on any atom is 0.271 e. The second-order valence-corrected chi connectivity index (χ2v) is 5.24. The molecular weight excluding hydrogens is 254 g/mol. The van der Waals surface area contributed by atoms with E-state index < -0.39 is 6.10 Å². The Morgan fingerprint density at radius 1 is 1.40 bits per heavy atom. The van der Waals surface area contributed by atoms with E-state index in [-0.39, 0.29) is 12.5 Å². The number of amides is 1. The van der Waals surface area contributed by atoms with Crippen molar-refractivity contribution >= 4 is 5.91 Å². The van der Waals surface area contributed by atoms with Crippen LogP contribution in [0.2, 0.25) is 0 Å². The van der Waals surface area contributed by atoms with Gasteiger partial charge in [-0.25, -0.2) is 0 Å². The van der Waals surface area contributed by atoms with Gasteiger partial charge in [0.1, 0.15) is 5.69 Å². The van der Waals surface area contributed by atoms with Gasteiger partial charge in [0.05, 0.1) is 12.1 Å². The Morgan fingerprint density at radius 3 is 2.60 bits per heavy atom. The van der Waals surface area contributed by atoms with Crippen molar-refractivity contribution in [2.24, 2.45) is 0 Å². The van der Waals surface area contributed by atoms with E-state index in [0.29, 0.717) is 18.2 Å². The number of aliphatic hydroxyl groups is 1. The van der Waals surface area contributed by atoms with Gasteiger partial charge in [-0.15, -0.1) is 0 Å². The summed E-state index contributed by atoms with van der Waals surface area (Å²) in [5.41, 5.74) is 1.43. The highest BCUT2D eigenvalue weighted by Gasteiger charge is 2.16. The van der Waals surface area contributed by atoms with Crippen LogP contribution in [0.25, 0.3) is 0 Å². The molecule has 0 spiro atoms. The van der Waals surface area contributed by atoms with Gasteiger partial charge in [0.25, 0.3) is 5.91 Å². The Kier molecular flexibility index (Phi) is 6.71. The van der Waals surface area contributed by atoms with Crippen molar-refractivity contribution in [3.05, 3.63) is 17.5 Å². The summed E-state index contributed by atoms with van der Waals surface area (Å²) in [4.78, 5) is 12.0. The van der Waals surface area contributed by atoms with Crippen LogP contribution in [0.4, 0.5) is 0 Å². The van der Waals surface area contributed by atoms with Gasteiger partial charge in [0, 0.05) is 12.2 Å². The smallest absolute Gasteiger partial charge is 0.271 e. The summed E-state index contributed by atoms with van der Waals surface area (Å²) >= 11 is 0. The van der Waals surface area contributed by atoms with E-state index >= 15 is 0 Å². The number of nitrogens with zero attached hydrogens (tertiary/aromatic N) is 2. The zero-order chi connectivity index (χ0) is 15.1. The SMILES string of the molecule is CCCC(O)CNC(=O)c1cc(C)n(C(CC)CC)n1. The van der Waals surface area contributed by atoms with Crippen LogP contribution in [0, 0.1) is 6.92 Å². The molecule has 1 unspecified atom stereocenters. The first-order chi connectivity index (χ1) is 9.53. The number of carbonyl (C=O) groups excluding carboxylic acids is 1. The predicted molar refractivity (Wildman–Crippen MR) is 79.8 cm³/mol. The van der Waals surface area contributed by atoms with Crippen LogP contribution in [-0.2, 0) is 0 Å². The number of nitrogens with one attached hydrogen (secondary N) is 1. The summed E-state index contributed by atoms with van der Waals surface area (Å²) < 4.78 is 1.93. The minimum absolute atomic E-state index is 0.215. The summed E-state index contributed by atoms with van der Waals surface area (Å²) in [6.45, 7) is 8.50. The van der Waals surface area contributed by atoms with Crippen molar-refractivity contribution in [3.8, 4) is 0 Å². The molecular formula is C15H27N3O2. The van der Waals surface area contributed by atoms with Gasteiger partial charge in [-0.05, 0) is 32.3 Å². The third-order valence-electron chi connectivity index (χ3n) is 3.56. The molecule has 0 fully saturated rings. The number of hydrogen-bond acceptors (Lipinski definition) is 3. The highest BCUT2D eigenvalue weighted by atomic mass is 16.3. The summed E-state index contributed by atoms with van der Waals surface area (Å²) in [7, 11) is 0. The van der Waals surface area contributed by atoms with E-state index in [1.165, 1.54) is 0 Å². The maximum absolute atomic E-state index is 12.0. The molecule has 0 saturated heterocycles. The number of aryl methyl sites for hydroxylation is 1. The Balaban J connectivity index is 2.68. The average molecular weight is 281 g/mol.